The van der Waals surface area contributed by atoms with Gasteiger partial charge in [0.05, 0.1) is 12.1 Å². The van der Waals surface area contributed by atoms with Crippen molar-refractivity contribution in [1.82, 2.24) is 5.32 Å². The van der Waals surface area contributed by atoms with Gasteiger partial charge in [0.15, 0.2) is 0 Å². The third-order valence-corrected chi connectivity index (χ3v) is 4.44. The number of amides is 2. The Kier molecular flexibility index (Phi) is 9.31. The summed E-state index contributed by atoms with van der Waals surface area (Å²) in [6.07, 6.45) is 3.72. The van der Waals surface area contributed by atoms with E-state index in [9.17, 15) is 9.59 Å². The summed E-state index contributed by atoms with van der Waals surface area (Å²) in [5, 5.41) is 5.52. The fraction of sp³-hybridized carbons (Fsp3) is 0.368. The van der Waals surface area contributed by atoms with E-state index in [4.69, 9.17) is 10.2 Å². The summed E-state index contributed by atoms with van der Waals surface area (Å²) in [6.45, 7) is 3.94. The van der Waals surface area contributed by atoms with Crippen LogP contribution in [0.5, 0.6) is 0 Å². The number of nitrogens with zero attached hydrogens (tertiary/aromatic N) is 1. The fourth-order valence-electron chi connectivity index (χ4n) is 2.96. The van der Waals surface area contributed by atoms with Crippen molar-refractivity contribution in [3.63, 3.8) is 0 Å². The topological polar surface area (TPSA) is 101 Å². The van der Waals surface area contributed by atoms with Crippen LogP contribution in [-0.4, -0.2) is 30.9 Å². The summed E-state index contributed by atoms with van der Waals surface area (Å²) in [7, 11) is 0. The first-order valence-corrected chi connectivity index (χ1v) is 8.81. The Labute approximate surface area is 176 Å². The third kappa shape index (κ3) is 5.89. The number of hydrogen-bond donors (Lipinski definition) is 3. The molecular formula is C19H26Cl2N4O3. The zero-order chi connectivity index (χ0) is 18.5. The van der Waals surface area contributed by atoms with Gasteiger partial charge in [0.1, 0.15) is 18.1 Å². The number of rotatable bonds is 6. The van der Waals surface area contributed by atoms with Crippen molar-refractivity contribution in [3.05, 3.63) is 47.9 Å². The number of carbonyl (C=O) groups is 2. The maximum Gasteiger partial charge on any atom is 0.255 e. The van der Waals surface area contributed by atoms with Gasteiger partial charge in [0.25, 0.3) is 5.91 Å². The average molecular weight is 429 g/mol. The van der Waals surface area contributed by atoms with Crippen LogP contribution in [0.4, 0.5) is 11.4 Å². The lowest BCUT2D eigenvalue weighted by molar-refractivity contribution is -0.117. The van der Waals surface area contributed by atoms with E-state index in [0.717, 1.165) is 18.8 Å². The van der Waals surface area contributed by atoms with Crippen LogP contribution in [0, 0.1) is 0 Å². The first-order valence-electron chi connectivity index (χ1n) is 8.81. The number of anilines is 2. The highest BCUT2D eigenvalue weighted by molar-refractivity contribution is 6.01. The number of carbonyl (C=O) groups excluding carboxylic acids is 2. The average Bonchev–Trinajstić information content (AvgIpc) is 3.33. The lowest BCUT2D eigenvalue weighted by Gasteiger charge is -2.19. The molecule has 1 aromatic heterocycles. The minimum atomic E-state index is -0.686. The molecule has 7 nitrogen and oxygen atoms in total. The van der Waals surface area contributed by atoms with Crippen LogP contribution in [0.2, 0.25) is 0 Å². The van der Waals surface area contributed by atoms with E-state index in [0.29, 0.717) is 17.0 Å². The molecule has 1 aromatic carbocycles. The normalized spacial score (nSPS) is 13.9. The molecule has 1 saturated heterocycles. The predicted octanol–water partition coefficient (Wildman–Crippen LogP) is 2.94. The van der Waals surface area contributed by atoms with Gasteiger partial charge >= 0.3 is 0 Å². The van der Waals surface area contributed by atoms with Crippen LogP contribution < -0.4 is 21.3 Å². The van der Waals surface area contributed by atoms with E-state index >= 15 is 0 Å². The van der Waals surface area contributed by atoms with Crippen molar-refractivity contribution in [1.29, 1.82) is 0 Å². The van der Waals surface area contributed by atoms with Gasteiger partial charge in [-0.15, -0.1) is 24.8 Å². The summed E-state index contributed by atoms with van der Waals surface area (Å²) < 4.78 is 5.14. The van der Waals surface area contributed by atoms with Crippen molar-refractivity contribution in [3.8, 4) is 0 Å². The molecule has 0 radical (unpaired) electrons. The van der Waals surface area contributed by atoms with Gasteiger partial charge < -0.3 is 25.7 Å². The van der Waals surface area contributed by atoms with Crippen molar-refractivity contribution in [2.75, 3.05) is 23.3 Å². The van der Waals surface area contributed by atoms with Crippen molar-refractivity contribution >= 4 is 48.0 Å². The lowest BCUT2D eigenvalue weighted by Crippen LogP contribution is -2.41. The summed E-state index contributed by atoms with van der Waals surface area (Å²) >= 11 is 0. The molecule has 2 amide bonds. The molecule has 28 heavy (non-hydrogen) atoms. The molecule has 1 aliphatic heterocycles. The molecule has 2 heterocycles. The van der Waals surface area contributed by atoms with Gasteiger partial charge in [-0.25, -0.2) is 0 Å². The zero-order valence-corrected chi connectivity index (χ0v) is 17.3. The van der Waals surface area contributed by atoms with Crippen LogP contribution in [0.1, 0.15) is 35.9 Å². The molecule has 0 saturated carbocycles. The Morgan fingerprint density at radius 3 is 2.57 bits per heavy atom. The molecule has 3 rings (SSSR count). The summed E-state index contributed by atoms with van der Waals surface area (Å²) in [5.41, 5.74) is 7.63. The summed E-state index contributed by atoms with van der Waals surface area (Å²) in [6, 6.07) is 8.65. The van der Waals surface area contributed by atoms with E-state index in [1.165, 1.54) is 19.1 Å². The SMILES string of the molecule is CC(NC(=O)c1coc(CN)c1)C(=O)Nc1cccc(N2CCCC2)c1.Cl.Cl. The number of nitrogens with one attached hydrogen (secondary N) is 2. The van der Waals surface area contributed by atoms with Crippen LogP contribution in [0.25, 0.3) is 0 Å². The Morgan fingerprint density at radius 1 is 1.21 bits per heavy atom. The van der Waals surface area contributed by atoms with E-state index < -0.39 is 6.04 Å². The van der Waals surface area contributed by atoms with E-state index in [-0.39, 0.29) is 43.2 Å². The maximum atomic E-state index is 12.4. The van der Waals surface area contributed by atoms with Crippen LogP contribution in [-0.2, 0) is 11.3 Å². The maximum absolute atomic E-state index is 12.4. The van der Waals surface area contributed by atoms with Gasteiger partial charge in [-0.1, -0.05) is 6.07 Å². The quantitative estimate of drug-likeness (QED) is 0.656. The molecule has 0 aliphatic carbocycles. The van der Waals surface area contributed by atoms with Crippen LogP contribution >= 0.6 is 24.8 Å². The second kappa shape index (κ2) is 10.9. The number of nitrogens with two attached hydrogens (primary N) is 1. The van der Waals surface area contributed by atoms with E-state index in [2.05, 4.69) is 15.5 Å². The zero-order valence-electron chi connectivity index (χ0n) is 15.6. The van der Waals surface area contributed by atoms with Gasteiger partial charge in [-0.3, -0.25) is 9.59 Å². The number of halogens is 2. The molecule has 154 valence electrons. The molecular weight excluding hydrogens is 403 g/mol. The minimum absolute atomic E-state index is 0. The monoisotopic (exact) mass is 428 g/mol. The minimum Gasteiger partial charge on any atom is -0.467 e. The number of benzene rings is 1. The predicted molar refractivity (Wildman–Crippen MR) is 115 cm³/mol. The molecule has 1 fully saturated rings. The Balaban J connectivity index is 0.00000196. The molecule has 2 aromatic rings. The standard InChI is InChI=1S/C19H24N4O3.2ClH/c1-13(21-19(25)14-9-17(11-20)26-12-14)18(24)22-15-5-4-6-16(10-15)23-7-2-3-8-23;;/h4-6,9-10,12-13H,2-3,7-8,11,20H2,1H3,(H,21,25)(H,22,24);2*1H. The molecule has 4 N–H and O–H groups in total. The molecule has 1 atom stereocenters. The summed E-state index contributed by atoms with van der Waals surface area (Å²) in [5.74, 6) is -0.132. The van der Waals surface area contributed by atoms with Crippen LogP contribution in [0.3, 0.4) is 0 Å². The Bertz CT molecular complexity index is 791. The van der Waals surface area contributed by atoms with Crippen molar-refractivity contribution in [2.45, 2.75) is 32.4 Å². The third-order valence-electron chi connectivity index (χ3n) is 4.44. The van der Waals surface area contributed by atoms with Gasteiger partial charge in [-0.05, 0) is 44.0 Å². The highest BCUT2D eigenvalue weighted by atomic mass is 35.5. The molecule has 0 spiro atoms. The van der Waals surface area contributed by atoms with Gasteiger partial charge in [0, 0.05) is 24.5 Å². The first kappa shape index (κ1) is 23.8. The molecule has 1 unspecified atom stereocenters. The Morgan fingerprint density at radius 2 is 1.93 bits per heavy atom. The largest absolute Gasteiger partial charge is 0.467 e. The number of hydrogen-bond acceptors (Lipinski definition) is 5. The molecule has 9 heteroatoms. The van der Waals surface area contributed by atoms with Gasteiger partial charge in [0.2, 0.25) is 5.91 Å². The second-order valence-electron chi connectivity index (χ2n) is 6.43. The van der Waals surface area contributed by atoms with E-state index in [1.54, 1.807) is 13.0 Å². The second-order valence-corrected chi connectivity index (χ2v) is 6.43. The number of furan rings is 1. The fourth-order valence-corrected chi connectivity index (χ4v) is 2.96. The van der Waals surface area contributed by atoms with Crippen molar-refractivity contribution < 1.29 is 14.0 Å². The smallest absolute Gasteiger partial charge is 0.255 e. The van der Waals surface area contributed by atoms with Gasteiger partial charge in [-0.2, -0.15) is 0 Å². The first-order chi connectivity index (χ1) is 12.6. The Hall–Kier alpha value is -2.22. The van der Waals surface area contributed by atoms with Crippen molar-refractivity contribution in [2.24, 2.45) is 5.73 Å². The molecule has 1 aliphatic rings. The summed E-state index contributed by atoms with van der Waals surface area (Å²) in [4.78, 5) is 26.9. The lowest BCUT2D eigenvalue weighted by atomic mass is 10.2. The highest BCUT2D eigenvalue weighted by Crippen LogP contribution is 2.23. The van der Waals surface area contributed by atoms with E-state index in [1.807, 2.05) is 24.3 Å². The van der Waals surface area contributed by atoms with Crippen LogP contribution in [0.15, 0.2) is 41.0 Å². The molecule has 0 bridgehead atoms. The highest BCUT2D eigenvalue weighted by Gasteiger charge is 2.19.